The van der Waals surface area contributed by atoms with Gasteiger partial charge in [-0.3, -0.25) is 4.79 Å². The second-order valence-electron chi connectivity index (χ2n) is 6.28. The lowest BCUT2D eigenvalue weighted by Crippen LogP contribution is -2.06. The maximum absolute atomic E-state index is 12.6. The molecule has 0 heterocycles. The van der Waals surface area contributed by atoms with E-state index < -0.39 is 0 Å². The zero-order chi connectivity index (χ0) is 16.5. The molecule has 0 amide bonds. The summed E-state index contributed by atoms with van der Waals surface area (Å²) in [5.41, 5.74) is 1.33. The van der Waals surface area contributed by atoms with Crippen LogP contribution < -0.4 is 4.74 Å². The molecular formula is C21H26O2. The topological polar surface area (TPSA) is 26.3 Å². The van der Waals surface area contributed by atoms with Gasteiger partial charge in [0.25, 0.3) is 0 Å². The Kier molecular flexibility index (Phi) is 6.86. The molecule has 0 atom stereocenters. The van der Waals surface area contributed by atoms with Gasteiger partial charge in [0.2, 0.25) is 0 Å². The number of carbonyl (C=O) groups excluding carboxylic acids is 1. The highest BCUT2D eigenvalue weighted by Crippen LogP contribution is 2.22. The van der Waals surface area contributed by atoms with Crippen LogP contribution in [0.5, 0.6) is 5.75 Å². The zero-order valence-electron chi connectivity index (χ0n) is 14.1. The summed E-state index contributed by atoms with van der Waals surface area (Å²) in [7, 11) is 0. The first kappa shape index (κ1) is 17.3. The first-order valence-corrected chi connectivity index (χ1v) is 8.50. The molecule has 0 saturated carbocycles. The van der Waals surface area contributed by atoms with Crippen LogP contribution in [0.4, 0.5) is 0 Å². The Labute approximate surface area is 139 Å². The minimum atomic E-state index is 0.0148. The van der Waals surface area contributed by atoms with Crippen molar-refractivity contribution in [2.45, 2.75) is 39.5 Å². The molecule has 0 aliphatic heterocycles. The standard InChI is InChI=1S/C21H26O2/c1-17(2)11-5-4-10-16-23-20-15-9-8-14-19(20)21(22)18-12-6-3-7-13-18/h3,6-9,12-15,17H,4-5,10-11,16H2,1-2H3. The van der Waals surface area contributed by atoms with E-state index in [4.69, 9.17) is 4.74 Å². The lowest BCUT2D eigenvalue weighted by molar-refractivity contribution is 0.103. The predicted molar refractivity (Wildman–Crippen MR) is 95.1 cm³/mol. The van der Waals surface area contributed by atoms with E-state index in [-0.39, 0.29) is 5.78 Å². The van der Waals surface area contributed by atoms with E-state index in [0.717, 1.165) is 12.3 Å². The Balaban J connectivity index is 1.92. The van der Waals surface area contributed by atoms with Crippen LogP contribution >= 0.6 is 0 Å². The van der Waals surface area contributed by atoms with E-state index in [1.54, 1.807) is 0 Å². The largest absolute Gasteiger partial charge is 0.493 e. The molecule has 2 aromatic rings. The summed E-state index contributed by atoms with van der Waals surface area (Å²) in [5.74, 6) is 1.46. The van der Waals surface area contributed by atoms with Crippen LogP contribution in [0.2, 0.25) is 0 Å². The number of unbranched alkanes of at least 4 members (excludes halogenated alkanes) is 2. The molecule has 0 aromatic heterocycles. The molecule has 2 heteroatoms. The number of benzene rings is 2. The van der Waals surface area contributed by atoms with Gasteiger partial charge in [0, 0.05) is 5.56 Å². The fourth-order valence-electron chi connectivity index (χ4n) is 2.54. The number of ether oxygens (including phenoxy) is 1. The fraction of sp³-hybridized carbons (Fsp3) is 0.381. The highest BCUT2D eigenvalue weighted by Gasteiger charge is 2.13. The zero-order valence-corrected chi connectivity index (χ0v) is 14.1. The molecule has 0 saturated heterocycles. The second-order valence-corrected chi connectivity index (χ2v) is 6.28. The molecule has 0 aliphatic carbocycles. The average Bonchev–Trinajstić information content (AvgIpc) is 2.58. The van der Waals surface area contributed by atoms with E-state index in [0.29, 0.717) is 23.5 Å². The van der Waals surface area contributed by atoms with Crippen LogP contribution in [0.15, 0.2) is 54.6 Å². The third-order valence-electron chi connectivity index (χ3n) is 3.85. The van der Waals surface area contributed by atoms with Crippen molar-refractivity contribution < 1.29 is 9.53 Å². The smallest absolute Gasteiger partial charge is 0.196 e. The highest BCUT2D eigenvalue weighted by atomic mass is 16.5. The van der Waals surface area contributed by atoms with Gasteiger partial charge in [-0.1, -0.05) is 75.6 Å². The Bertz CT molecular complexity index is 602. The minimum absolute atomic E-state index is 0.0148. The lowest BCUT2D eigenvalue weighted by atomic mass is 10.0. The summed E-state index contributed by atoms with van der Waals surface area (Å²) in [5, 5.41) is 0. The molecule has 0 spiro atoms. The van der Waals surface area contributed by atoms with Crippen molar-refractivity contribution >= 4 is 5.78 Å². The number of rotatable bonds is 9. The molecule has 0 bridgehead atoms. The molecule has 0 unspecified atom stereocenters. The highest BCUT2D eigenvalue weighted by molar-refractivity contribution is 6.10. The van der Waals surface area contributed by atoms with Gasteiger partial charge in [-0.2, -0.15) is 0 Å². The molecule has 0 N–H and O–H groups in total. The van der Waals surface area contributed by atoms with Gasteiger partial charge in [-0.05, 0) is 24.5 Å². The van der Waals surface area contributed by atoms with Crippen molar-refractivity contribution in [3.63, 3.8) is 0 Å². The van der Waals surface area contributed by atoms with Crippen molar-refractivity contribution in [3.05, 3.63) is 65.7 Å². The minimum Gasteiger partial charge on any atom is -0.493 e. The number of ketones is 1. The molecule has 122 valence electrons. The molecule has 0 aliphatic rings. The van der Waals surface area contributed by atoms with Crippen LogP contribution in [-0.2, 0) is 0 Å². The van der Waals surface area contributed by atoms with Gasteiger partial charge in [-0.15, -0.1) is 0 Å². The first-order chi connectivity index (χ1) is 11.2. The summed E-state index contributed by atoms with van der Waals surface area (Å²) < 4.78 is 5.87. The number of hydrogen-bond acceptors (Lipinski definition) is 2. The van der Waals surface area contributed by atoms with E-state index in [9.17, 15) is 4.79 Å². The first-order valence-electron chi connectivity index (χ1n) is 8.50. The summed E-state index contributed by atoms with van der Waals surface area (Å²) in [4.78, 5) is 12.6. The SMILES string of the molecule is CC(C)CCCCCOc1ccccc1C(=O)c1ccccc1. The number of carbonyl (C=O) groups is 1. The summed E-state index contributed by atoms with van der Waals surface area (Å²) >= 11 is 0. The van der Waals surface area contributed by atoms with Crippen LogP contribution in [0.1, 0.15) is 55.5 Å². The second kappa shape index (κ2) is 9.14. The Hall–Kier alpha value is -2.09. The van der Waals surface area contributed by atoms with Crippen molar-refractivity contribution in [3.8, 4) is 5.75 Å². The van der Waals surface area contributed by atoms with Gasteiger partial charge in [-0.25, -0.2) is 0 Å². The molecule has 2 rings (SSSR count). The molecule has 23 heavy (non-hydrogen) atoms. The van der Waals surface area contributed by atoms with Gasteiger partial charge in [0.1, 0.15) is 5.75 Å². The Morgan fingerprint density at radius 1 is 0.913 bits per heavy atom. The monoisotopic (exact) mass is 310 g/mol. The van der Waals surface area contributed by atoms with Crippen molar-refractivity contribution in [1.82, 2.24) is 0 Å². The van der Waals surface area contributed by atoms with Gasteiger partial charge in [0.05, 0.1) is 12.2 Å². The van der Waals surface area contributed by atoms with Crippen LogP contribution in [0.3, 0.4) is 0 Å². The van der Waals surface area contributed by atoms with Gasteiger partial charge < -0.3 is 4.74 Å². The lowest BCUT2D eigenvalue weighted by Gasteiger charge is -2.11. The van der Waals surface area contributed by atoms with Crippen LogP contribution in [0.25, 0.3) is 0 Å². The van der Waals surface area contributed by atoms with Gasteiger partial charge >= 0.3 is 0 Å². The summed E-state index contributed by atoms with van der Waals surface area (Å²) in [6.45, 7) is 5.17. The predicted octanol–water partition coefficient (Wildman–Crippen LogP) is 5.51. The number of hydrogen-bond donors (Lipinski definition) is 0. The maximum atomic E-state index is 12.6. The molecule has 0 fully saturated rings. The Morgan fingerprint density at radius 2 is 1.61 bits per heavy atom. The van der Waals surface area contributed by atoms with Crippen molar-refractivity contribution in [2.75, 3.05) is 6.61 Å². The number of para-hydroxylation sites is 1. The average molecular weight is 310 g/mol. The molecule has 0 radical (unpaired) electrons. The van der Waals surface area contributed by atoms with Gasteiger partial charge in [0.15, 0.2) is 5.78 Å². The third-order valence-corrected chi connectivity index (χ3v) is 3.85. The summed E-state index contributed by atoms with van der Waals surface area (Å²) in [6.07, 6.45) is 4.71. The normalized spacial score (nSPS) is 10.7. The maximum Gasteiger partial charge on any atom is 0.196 e. The fourth-order valence-corrected chi connectivity index (χ4v) is 2.54. The van der Waals surface area contributed by atoms with Crippen LogP contribution in [0, 0.1) is 5.92 Å². The van der Waals surface area contributed by atoms with E-state index in [1.807, 2.05) is 54.6 Å². The van der Waals surface area contributed by atoms with E-state index in [2.05, 4.69) is 13.8 Å². The summed E-state index contributed by atoms with van der Waals surface area (Å²) in [6, 6.07) is 16.9. The van der Waals surface area contributed by atoms with Crippen molar-refractivity contribution in [2.24, 2.45) is 5.92 Å². The molecule has 2 aromatic carbocycles. The Morgan fingerprint density at radius 3 is 2.35 bits per heavy atom. The molecular weight excluding hydrogens is 284 g/mol. The van der Waals surface area contributed by atoms with Crippen LogP contribution in [-0.4, -0.2) is 12.4 Å². The third kappa shape index (κ3) is 5.55. The van der Waals surface area contributed by atoms with E-state index >= 15 is 0 Å². The van der Waals surface area contributed by atoms with E-state index in [1.165, 1.54) is 19.3 Å². The molecule has 2 nitrogen and oxygen atoms in total. The van der Waals surface area contributed by atoms with Crippen molar-refractivity contribution in [1.29, 1.82) is 0 Å². The quantitative estimate of drug-likeness (QED) is 0.451.